The van der Waals surface area contributed by atoms with Crippen LogP contribution in [0.15, 0.2) is 59.5 Å². The van der Waals surface area contributed by atoms with Crippen LogP contribution in [-0.4, -0.2) is 96.2 Å². The van der Waals surface area contributed by atoms with Crippen molar-refractivity contribution in [2.75, 3.05) is 18.5 Å². The molecule has 2 aromatic rings. The number of benzene rings is 2. The molecular formula is C32H43N3O11S. The molecule has 2 heterocycles. The first-order valence-electron chi connectivity index (χ1n) is 15.5. The van der Waals surface area contributed by atoms with Gasteiger partial charge in [0.25, 0.3) is 0 Å². The highest BCUT2D eigenvalue weighted by Gasteiger charge is 2.70. The summed E-state index contributed by atoms with van der Waals surface area (Å²) in [5.41, 5.74) is 0.176. The Hall–Kier alpha value is -2.83. The summed E-state index contributed by atoms with van der Waals surface area (Å²) in [5.74, 6) is -9.70. The predicted octanol–water partition coefficient (Wildman–Crippen LogP) is 1.45. The lowest BCUT2D eigenvalue weighted by Gasteiger charge is -2.44. The fraction of sp³-hybridized carbons (Fsp3) is 0.562. The van der Waals surface area contributed by atoms with Gasteiger partial charge in [0, 0.05) is 28.5 Å². The molecule has 2 saturated heterocycles. The number of nitrogens with zero attached hydrogens (tertiary/aromatic N) is 1. The molecule has 14 nitrogen and oxygen atoms in total. The van der Waals surface area contributed by atoms with E-state index in [1.807, 2.05) is 0 Å². The number of carbonyl (C=O) groups is 2. The van der Waals surface area contributed by atoms with Crippen molar-refractivity contribution in [3.05, 3.63) is 60.2 Å². The summed E-state index contributed by atoms with van der Waals surface area (Å²) in [7, 11) is 0. The first kappa shape index (κ1) is 35.5. The Balaban J connectivity index is 1.34. The lowest BCUT2D eigenvalue weighted by molar-refractivity contribution is -0.439. The van der Waals surface area contributed by atoms with Gasteiger partial charge in [-0.1, -0.05) is 51.1 Å². The lowest BCUT2D eigenvalue weighted by atomic mass is 9.91. The van der Waals surface area contributed by atoms with Crippen LogP contribution in [0.2, 0.25) is 0 Å². The van der Waals surface area contributed by atoms with Crippen molar-refractivity contribution in [1.82, 2.24) is 9.62 Å². The normalized spacial score (nSPS) is 25.2. The van der Waals surface area contributed by atoms with Crippen LogP contribution in [0.5, 0.6) is 0 Å². The van der Waals surface area contributed by atoms with Crippen molar-refractivity contribution in [3.8, 4) is 0 Å². The third-order valence-corrected chi connectivity index (χ3v) is 9.70. The molecule has 47 heavy (non-hydrogen) atoms. The number of alkyl carbamates (subject to hydrolysis) is 1. The van der Waals surface area contributed by atoms with Crippen LogP contribution in [0.25, 0.3) is 0 Å². The highest BCUT2D eigenvalue weighted by Crippen LogP contribution is 2.47. The second-order valence-electron chi connectivity index (χ2n) is 13.3. The van der Waals surface area contributed by atoms with E-state index in [0.29, 0.717) is 16.1 Å². The van der Waals surface area contributed by atoms with E-state index in [4.69, 9.17) is 14.2 Å². The summed E-state index contributed by atoms with van der Waals surface area (Å²) < 4.78 is 16.6. The van der Waals surface area contributed by atoms with Crippen LogP contribution in [0, 0.1) is 17.3 Å². The van der Waals surface area contributed by atoms with Crippen LogP contribution in [-0.2, 0) is 25.4 Å². The molecule has 3 aliphatic rings. The van der Waals surface area contributed by atoms with Gasteiger partial charge in [-0.25, -0.2) is 4.79 Å². The van der Waals surface area contributed by atoms with Gasteiger partial charge in [-0.05, 0) is 67.5 Å². The van der Waals surface area contributed by atoms with E-state index in [1.165, 1.54) is 4.31 Å². The maximum absolute atomic E-state index is 13.2. The van der Waals surface area contributed by atoms with Gasteiger partial charge in [0.1, 0.15) is 0 Å². The summed E-state index contributed by atoms with van der Waals surface area (Å²) in [5, 5.41) is 71.3. The van der Waals surface area contributed by atoms with Gasteiger partial charge in [-0.3, -0.25) is 9.53 Å². The summed E-state index contributed by atoms with van der Waals surface area (Å²) in [4.78, 5) is 25.9. The number of hydrogen-bond acceptors (Lipinski definition) is 13. The largest absolute Gasteiger partial charge is 0.410 e. The smallest absolute Gasteiger partial charge is 0.407 e. The number of aliphatic hydroxyl groups excluding tert-OH is 1. The van der Waals surface area contributed by atoms with Crippen molar-refractivity contribution < 1.29 is 54.4 Å². The quantitative estimate of drug-likeness (QED) is 0.118. The van der Waals surface area contributed by atoms with E-state index in [2.05, 4.69) is 10.6 Å². The molecule has 8 N–H and O–H groups in total. The molecule has 5 rings (SSSR count). The van der Waals surface area contributed by atoms with Crippen LogP contribution in [0.1, 0.15) is 45.6 Å². The van der Waals surface area contributed by atoms with Gasteiger partial charge in [-0.15, -0.1) is 0 Å². The van der Waals surface area contributed by atoms with Gasteiger partial charge in [0.05, 0.1) is 24.7 Å². The van der Waals surface area contributed by atoms with Gasteiger partial charge < -0.3 is 50.7 Å². The highest BCUT2D eigenvalue weighted by molar-refractivity contribution is 7.97. The zero-order valence-electron chi connectivity index (χ0n) is 26.4. The molecule has 2 aromatic carbocycles. The second-order valence-corrected chi connectivity index (χ2v) is 14.4. The minimum atomic E-state index is -3.25. The second kappa shape index (κ2) is 13.6. The van der Waals surface area contributed by atoms with Crippen molar-refractivity contribution in [1.29, 1.82) is 0 Å². The van der Waals surface area contributed by atoms with E-state index < -0.39 is 53.5 Å². The molecular weight excluding hydrogens is 634 g/mol. The number of nitrogens with one attached hydrogen (secondary N) is 2. The summed E-state index contributed by atoms with van der Waals surface area (Å²) >= 11 is 0.956. The third-order valence-electron chi connectivity index (χ3n) is 8.60. The number of rotatable bonds is 12. The highest BCUT2D eigenvalue weighted by atomic mass is 32.2. The fourth-order valence-corrected chi connectivity index (χ4v) is 6.52. The Labute approximate surface area is 276 Å². The average Bonchev–Trinajstić information content (AvgIpc) is 3.72. The molecule has 15 heteroatoms. The predicted molar refractivity (Wildman–Crippen MR) is 168 cm³/mol. The number of ether oxygens (including phenoxy) is 3. The number of hydrogen-bond donors (Lipinski definition) is 8. The SMILES string of the molecule is CC(C)(C)C(O)(O)N(CC(O)C(Cc1ccccc1)NC(=O)OC1(O)C2CCOC2OC1(O)O)Sc1ccc(NC(=O)C2CC2)cc1. The zero-order valence-corrected chi connectivity index (χ0v) is 27.2. The lowest BCUT2D eigenvalue weighted by Crippen LogP contribution is -2.60. The Morgan fingerprint density at radius 3 is 2.32 bits per heavy atom. The molecule has 0 spiro atoms. The van der Waals surface area contributed by atoms with Crippen molar-refractivity contribution in [2.24, 2.45) is 17.3 Å². The fourth-order valence-electron chi connectivity index (χ4n) is 5.38. The maximum atomic E-state index is 13.2. The van der Waals surface area contributed by atoms with Gasteiger partial charge in [0.2, 0.25) is 11.8 Å². The average molecular weight is 678 g/mol. The number of carbonyl (C=O) groups excluding carboxylic acids is 2. The molecule has 2 aliphatic heterocycles. The van der Waals surface area contributed by atoms with Gasteiger partial charge in [-0.2, -0.15) is 4.31 Å². The van der Waals surface area contributed by atoms with E-state index in [9.17, 15) is 40.2 Å². The first-order valence-corrected chi connectivity index (χ1v) is 16.3. The van der Waals surface area contributed by atoms with E-state index in [-0.39, 0.29) is 37.8 Å². The molecule has 0 bridgehead atoms. The number of anilines is 1. The van der Waals surface area contributed by atoms with Crippen LogP contribution < -0.4 is 10.6 Å². The third kappa shape index (κ3) is 7.91. The Bertz CT molecular complexity index is 1400. The number of fused-ring (bicyclic) bond motifs is 1. The minimum absolute atomic E-state index is 0.0322. The monoisotopic (exact) mass is 677 g/mol. The Morgan fingerprint density at radius 1 is 1.04 bits per heavy atom. The van der Waals surface area contributed by atoms with Crippen LogP contribution in [0.3, 0.4) is 0 Å². The standard InChI is InChI=1S/C32H43N3O11S/c1-29(2,3)31(40,41)35(47-22-13-11-21(12-14-22)33-26(37)20-9-10-20)18-25(36)24(17-19-7-5-4-6-8-19)34-28(38)46-30(39)23-15-16-44-27(23)45-32(30,42)43/h4-8,11-14,20,23-25,27,36,39-43H,9-10,15-18H2,1-3H3,(H,33,37)(H,34,38). The molecule has 2 amide bonds. The maximum Gasteiger partial charge on any atom is 0.410 e. The molecule has 5 unspecified atom stereocenters. The molecule has 3 fully saturated rings. The van der Waals surface area contributed by atoms with Crippen molar-refractivity contribution in [2.45, 2.75) is 87.5 Å². The van der Waals surface area contributed by atoms with Crippen LogP contribution >= 0.6 is 11.9 Å². The zero-order chi connectivity index (χ0) is 34.2. The van der Waals surface area contributed by atoms with Gasteiger partial charge in [0.15, 0.2) is 6.29 Å². The Morgan fingerprint density at radius 2 is 1.70 bits per heavy atom. The van der Waals surface area contributed by atoms with Crippen molar-refractivity contribution in [3.63, 3.8) is 0 Å². The molecule has 5 atom stereocenters. The first-order chi connectivity index (χ1) is 22.0. The Kier molecular flexibility index (Phi) is 10.3. The van der Waals surface area contributed by atoms with Crippen LogP contribution in [0.4, 0.5) is 10.5 Å². The van der Waals surface area contributed by atoms with E-state index >= 15 is 0 Å². The summed E-state index contributed by atoms with van der Waals surface area (Å²) in [6.07, 6.45) is -2.04. The molecule has 0 radical (unpaired) electrons. The summed E-state index contributed by atoms with van der Waals surface area (Å²) in [6, 6.07) is 14.5. The number of aliphatic hydroxyl groups is 6. The van der Waals surface area contributed by atoms with Crippen molar-refractivity contribution >= 4 is 29.6 Å². The summed E-state index contributed by atoms with van der Waals surface area (Å²) in [6.45, 7) is 4.59. The van der Waals surface area contributed by atoms with Gasteiger partial charge >= 0.3 is 17.9 Å². The topological polar surface area (TPSA) is 211 Å². The van der Waals surface area contributed by atoms with E-state index in [0.717, 1.165) is 24.8 Å². The molecule has 258 valence electrons. The molecule has 0 aromatic heterocycles. The minimum Gasteiger partial charge on any atom is -0.407 e. The molecule has 1 saturated carbocycles. The molecule has 1 aliphatic carbocycles. The number of amides is 2. The van der Waals surface area contributed by atoms with E-state index in [1.54, 1.807) is 75.4 Å².